The third-order valence-electron chi connectivity index (χ3n) is 4.69. The van der Waals surface area contributed by atoms with E-state index >= 15 is 0 Å². The number of nitrogens with one attached hydrogen (secondary N) is 2. The minimum Gasteiger partial charge on any atom is -0.339 e. The Morgan fingerprint density at radius 1 is 0.931 bits per heavy atom. The Balaban J connectivity index is 1.58. The van der Waals surface area contributed by atoms with E-state index < -0.39 is 5.91 Å². The first-order valence-corrected chi connectivity index (χ1v) is 10.6. The largest absolute Gasteiger partial charge is 0.339 e. The Bertz CT molecular complexity index is 911. The molecule has 1 saturated heterocycles. The molecule has 2 amide bonds. The van der Waals surface area contributed by atoms with Crippen LogP contribution in [0, 0.1) is 0 Å². The van der Waals surface area contributed by atoms with E-state index in [1.807, 2.05) is 4.90 Å². The van der Waals surface area contributed by atoms with Gasteiger partial charge in [0.2, 0.25) is 0 Å². The van der Waals surface area contributed by atoms with Crippen molar-refractivity contribution in [1.29, 1.82) is 0 Å². The van der Waals surface area contributed by atoms with Gasteiger partial charge in [-0.1, -0.05) is 36.0 Å². The summed E-state index contributed by atoms with van der Waals surface area (Å²) in [5.41, 5.74) is 1.59. The zero-order chi connectivity index (χ0) is 20.8. The number of anilines is 1. The topological polar surface area (TPSA) is 61.4 Å². The standard InChI is InChI=1S/C21H21Cl2N3O2S/c22-15-7-10-17(18(23)13-15)19(27)25-21(29)24-16-8-5-14(6-9-16)20(28)26-11-3-1-2-4-12-26/h5-10,13H,1-4,11-12H2,(H2,24,25,27,29). The zero-order valence-corrected chi connectivity index (χ0v) is 18.0. The van der Waals surface area contributed by atoms with Crippen molar-refractivity contribution in [3.05, 3.63) is 63.6 Å². The first-order chi connectivity index (χ1) is 13.9. The number of benzene rings is 2. The van der Waals surface area contributed by atoms with Gasteiger partial charge in [0.05, 0.1) is 10.6 Å². The van der Waals surface area contributed by atoms with E-state index in [0.29, 0.717) is 16.3 Å². The van der Waals surface area contributed by atoms with Crippen LogP contribution in [0.15, 0.2) is 42.5 Å². The molecular formula is C21H21Cl2N3O2S. The number of thiocarbonyl (C=S) groups is 1. The summed E-state index contributed by atoms with van der Waals surface area (Å²) >= 11 is 17.1. The van der Waals surface area contributed by atoms with Crippen molar-refractivity contribution in [3.8, 4) is 0 Å². The number of hydrogen-bond acceptors (Lipinski definition) is 3. The maximum Gasteiger partial charge on any atom is 0.258 e. The molecule has 1 aliphatic rings. The Labute approximate surface area is 185 Å². The molecule has 1 fully saturated rings. The monoisotopic (exact) mass is 449 g/mol. The van der Waals surface area contributed by atoms with Gasteiger partial charge in [-0.25, -0.2) is 0 Å². The smallest absolute Gasteiger partial charge is 0.258 e. The number of carbonyl (C=O) groups is 2. The molecule has 8 heteroatoms. The maximum atomic E-state index is 12.6. The number of nitrogens with zero attached hydrogens (tertiary/aromatic N) is 1. The molecule has 2 aromatic carbocycles. The van der Waals surface area contributed by atoms with Crippen molar-refractivity contribution in [2.45, 2.75) is 25.7 Å². The van der Waals surface area contributed by atoms with Crippen LogP contribution in [0.25, 0.3) is 0 Å². The molecule has 1 aliphatic heterocycles. The highest BCUT2D eigenvalue weighted by molar-refractivity contribution is 7.80. The fraction of sp³-hybridized carbons (Fsp3) is 0.286. The molecule has 1 heterocycles. The molecule has 152 valence electrons. The van der Waals surface area contributed by atoms with Gasteiger partial charge in [-0.2, -0.15) is 0 Å². The minimum atomic E-state index is -0.433. The second-order valence-corrected chi connectivity index (χ2v) is 8.07. The molecule has 29 heavy (non-hydrogen) atoms. The molecule has 3 rings (SSSR count). The number of amides is 2. The highest BCUT2D eigenvalue weighted by atomic mass is 35.5. The average molecular weight is 450 g/mol. The van der Waals surface area contributed by atoms with E-state index in [1.54, 1.807) is 30.3 Å². The summed E-state index contributed by atoms with van der Waals surface area (Å²) in [4.78, 5) is 26.9. The zero-order valence-electron chi connectivity index (χ0n) is 15.7. The van der Waals surface area contributed by atoms with Crippen molar-refractivity contribution in [2.24, 2.45) is 0 Å². The number of rotatable bonds is 3. The molecule has 0 unspecified atom stereocenters. The fourth-order valence-corrected chi connectivity index (χ4v) is 3.86. The molecule has 0 aromatic heterocycles. The fourth-order valence-electron chi connectivity index (χ4n) is 3.16. The summed E-state index contributed by atoms with van der Waals surface area (Å²) in [6, 6.07) is 11.7. The van der Waals surface area contributed by atoms with Gasteiger partial charge in [0.1, 0.15) is 0 Å². The molecule has 0 radical (unpaired) electrons. The summed E-state index contributed by atoms with van der Waals surface area (Å²) in [5, 5.41) is 6.34. The quantitative estimate of drug-likeness (QED) is 0.636. The van der Waals surface area contributed by atoms with Gasteiger partial charge in [-0.05, 0) is 67.5 Å². The Morgan fingerprint density at radius 3 is 2.21 bits per heavy atom. The van der Waals surface area contributed by atoms with E-state index in [1.165, 1.54) is 25.0 Å². The van der Waals surface area contributed by atoms with Crippen LogP contribution < -0.4 is 10.6 Å². The molecule has 2 N–H and O–H groups in total. The van der Waals surface area contributed by atoms with Crippen LogP contribution in [0.2, 0.25) is 10.0 Å². The number of halogens is 2. The summed E-state index contributed by atoms with van der Waals surface area (Å²) in [6.45, 7) is 1.62. The van der Waals surface area contributed by atoms with Crippen molar-refractivity contribution in [1.82, 2.24) is 10.2 Å². The van der Waals surface area contributed by atoms with Gasteiger partial charge >= 0.3 is 0 Å². The van der Waals surface area contributed by atoms with Crippen LogP contribution in [0.3, 0.4) is 0 Å². The van der Waals surface area contributed by atoms with Crippen molar-refractivity contribution in [3.63, 3.8) is 0 Å². The summed E-state index contributed by atoms with van der Waals surface area (Å²) in [6.07, 6.45) is 4.46. The Morgan fingerprint density at radius 2 is 1.59 bits per heavy atom. The van der Waals surface area contributed by atoms with Crippen molar-refractivity contribution < 1.29 is 9.59 Å². The van der Waals surface area contributed by atoms with Crippen molar-refractivity contribution >= 4 is 58.0 Å². The van der Waals surface area contributed by atoms with Crippen LogP contribution >= 0.6 is 35.4 Å². The molecule has 0 saturated carbocycles. The molecule has 0 atom stereocenters. The van der Waals surface area contributed by atoms with Crippen LogP contribution in [-0.2, 0) is 0 Å². The average Bonchev–Trinajstić information content (AvgIpc) is 2.97. The van der Waals surface area contributed by atoms with E-state index in [0.717, 1.165) is 25.9 Å². The lowest BCUT2D eigenvalue weighted by Crippen LogP contribution is -2.34. The summed E-state index contributed by atoms with van der Waals surface area (Å²) < 4.78 is 0. The predicted molar refractivity (Wildman–Crippen MR) is 121 cm³/mol. The molecule has 5 nitrogen and oxygen atoms in total. The van der Waals surface area contributed by atoms with Gasteiger partial charge in [0.25, 0.3) is 11.8 Å². The third kappa shape index (κ3) is 5.92. The molecule has 0 bridgehead atoms. The number of carbonyl (C=O) groups excluding carboxylic acids is 2. The summed E-state index contributed by atoms with van der Waals surface area (Å²) in [7, 11) is 0. The lowest BCUT2D eigenvalue weighted by molar-refractivity contribution is 0.0761. The van der Waals surface area contributed by atoms with E-state index in [-0.39, 0.29) is 21.6 Å². The van der Waals surface area contributed by atoms with E-state index in [9.17, 15) is 9.59 Å². The van der Waals surface area contributed by atoms with Crippen LogP contribution in [0.5, 0.6) is 0 Å². The van der Waals surface area contributed by atoms with E-state index in [2.05, 4.69) is 10.6 Å². The predicted octanol–water partition coefficient (Wildman–Crippen LogP) is 5.14. The highest BCUT2D eigenvalue weighted by Gasteiger charge is 2.17. The van der Waals surface area contributed by atoms with Gasteiger partial charge in [0.15, 0.2) is 5.11 Å². The second-order valence-electron chi connectivity index (χ2n) is 6.82. The lowest BCUT2D eigenvalue weighted by atomic mass is 10.1. The minimum absolute atomic E-state index is 0.0479. The normalized spacial score (nSPS) is 14.1. The van der Waals surface area contributed by atoms with Gasteiger partial charge in [-0.3, -0.25) is 14.9 Å². The van der Waals surface area contributed by atoms with Crippen LogP contribution in [0.1, 0.15) is 46.4 Å². The van der Waals surface area contributed by atoms with Crippen LogP contribution in [0.4, 0.5) is 5.69 Å². The maximum absolute atomic E-state index is 12.6. The molecule has 0 spiro atoms. The SMILES string of the molecule is O=C(NC(=S)Nc1ccc(C(=O)N2CCCCCC2)cc1)c1ccc(Cl)cc1Cl. The van der Waals surface area contributed by atoms with Gasteiger partial charge in [0, 0.05) is 29.4 Å². The van der Waals surface area contributed by atoms with E-state index in [4.69, 9.17) is 35.4 Å². The first kappa shape index (κ1) is 21.6. The van der Waals surface area contributed by atoms with Gasteiger partial charge < -0.3 is 10.2 Å². The molecule has 0 aliphatic carbocycles. The summed E-state index contributed by atoms with van der Waals surface area (Å²) in [5.74, 6) is -0.385. The molecular weight excluding hydrogens is 429 g/mol. The first-order valence-electron chi connectivity index (χ1n) is 9.41. The number of likely N-dealkylation sites (tertiary alicyclic amines) is 1. The van der Waals surface area contributed by atoms with Gasteiger partial charge in [-0.15, -0.1) is 0 Å². The lowest BCUT2D eigenvalue weighted by Gasteiger charge is -2.20. The van der Waals surface area contributed by atoms with Crippen LogP contribution in [-0.4, -0.2) is 34.9 Å². The highest BCUT2D eigenvalue weighted by Crippen LogP contribution is 2.21. The molecule has 2 aromatic rings. The number of hydrogen-bond donors (Lipinski definition) is 2. The third-order valence-corrected chi connectivity index (χ3v) is 5.44. The Hall–Kier alpha value is -2.15. The second kappa shape index (κ2) is 10.1. The Kier molecular flexibility index (Phi) is 7.47. The van der Waals surface area contributed by atoms with Crippen molar-refractivity contribution in [2.75, 3.05) is 18.4 Å².